The number of aryl methyl sites for hydroxylation is 2. The lowest BCUT2D eigenvalue weighted by atomic mass is 10.1. The molecule has 7 heteroatoms. The number of likely N-dealkylation sites (N-methyl/N-ethyl adjacent to an activating group) is 1. The van der Waals surface area contributed by atoms with Crippen molar-refractivity contribution >= 4 is 17.5 Å². The van der Waals surface area contributed by atoms with Crippen LogP contribution in [-0.4, -0.2) is 46.2 Å². The molecule has 0 saturated carbocycles. The van der Waals surface area contributed by atoms with E-state index < -0.39 is 11.0 Å². The topological polar surface area (TPSA) is 83.8 Å². The van der Waals surface area contributed by atoms with Crippen molar-refractivity contribution in [1.29, 1.82) is 0 Å². The zero-order chi connectivity index (χ0) is 21.8. The summed E-state index contributed by atoms with van der Waals surface area (Å²) < 4.78 is 0. The molecule has 1 aliphatic rings. The van der Waals surface area contributed by atoms with E-state index in [0.717, 1.165) is 18.4 Å². The van der Waals surface area contributed by atoms with Gasteiger partial charge in [0.1, 0.15) is 6.04 Å². The summed E-state index contributed by atoms with van der Waals surface area (Å²) >= 11 is 0. The first kappa shape index (κ1) is 21.5. The van der Waals surface area contributed by atoms with Gasteiger partial charge in [-0.25, -0.2) is 0 Å². The van der Waals surface area contributed by atoms with E-state index in [1.54, 1.807) is 23.8 Å². The van der Waals surface area contributed by atoms with Crippen molar-refractivity contribution in [2.75, 3.05) is 13.6 Å². The molecule has 1 aliphatic heterocycles. The minimum Gasteiger partial charge on any atom is -0.340 e. The molecule has 2 amide bonds. The summed E-state index contributed by atoms with van der Waals surface area (Å²) in [6, 6.07) is 12.0. The first-order chi connectivity index (χ1) is 14.3. The van der Waals surface area contributed by atoms with Crippen LogP contribution >= 0.6 is 0 Å². The third kappa shape index (κ3) is 4.50. The summed E-state index contributed by atoms with van der Waals surface area (Å²) in [6.45, 7) is 4.70. The van der Waals surface area contributed by atoms with E-state index >= 15 is 0 Å². The Bertz CT molecular complexity index is 955. The normalized spacial score (nSPS) is 15.8. The molecule has 2 aromatic rings. The van der Waals surface area contributed by atoms with Crippen molar-refractivity contribution in [3.63, 3.8) is 0 Å². The van der Waals surface area contributed by atoms with E-state index in [1.165, 1.54) is 23.8 Å². The van der Waals surface area contributed by atoms with Gasteiger partial charge >= 0.3 is 0 Å². The van der Waals surface area contributed by atoms with Gasteiger partial charge in [0.15, 0.2) is 0 Å². The second-order valence-electron chi connectivity index (χ2n) is 7.78. The molecular weight excluding hydrogens is 382 g/mol. The van der Waals surface area contributed by atoms with Crippen LogP contribution in [-0.2, 0) is 17.8 Å². The molecule has 158 valence electrons. The summed E-state index contributed by atoms with van der Waals surface area (Å²) in [5, 5.41) is 11.0. The fourth-order valence-electron chi connectivity index (χ4n) is 3.91. The smallest absolute Gasteiger partial charge is 0.272 e. The van der Waals surface area contributed by atoms with Gasteiger partial charge in [0.25, 0.3) is 11.6 Å². The van der Waals surface area contributed by atoms with Crippen molar-refractivity contribution in [2.24, 2.45) is 0 Å². The number of hydrogen-bond acceptors (Lipinski definition) is 4. The molecule has 0 N–H and O–H groups in total. The Hall–Kier alpha value is -3.22. The monoisotopic (exact) mass is 409 g/mol. The SMILES string of the molecule is CCc1ccc(CN(C)C(=O)C2CCCN2C(=O)c2ccc([N+](=O)[O-])c(C)c2)cc1. The highest BCUT2D eigenvalue weighted by Crippen LogP contribution is 2.25. The van der Waals surface area contributed by atoms with E-state index in [1.807, 2.05) is 12.1 Å². The van der Waals surface area contributed by atoms with Crippen LogP contribution < -0.4 is 0 Å². The molecule has 1 atom stereocenters. The van der Waals surface area contributed by atoms with Gasteiger partial charge in [0.05, 0.1) is 4.92 Å². The van der Waals surface area contributed by atoms with E-state index in [4.69, 9.17) is 0 Å². The van der Waals surface area contributed by atoms with Crippen molar-refractivity contribution in [1.82, 2.24) is 9.80 Å². The van der Waals surface area contributed by atoms with Crippen LogP contribution in [0, 0.1) is 17.0 Å². The van der Waals surface area contributed by atoms with Gasteiger partial charge in [0, 0.05) is 37.3 Å². The number of benzene rings is 2. The first-order valence-electron chi connectivity index (χ1n) is 10.2. The zero-order valence-electron chi connectivity index (χ0n) is 17.6. The average Bonchev–Trinajstić information content (AvgIpc) is 3.22. The molecule has 1 saturated heterocycles. The van der Waals surface area contributed by atoms with Crippen LogP contribution in [0.4, 0.5) is 5.69 Å². The second kappa shape index (κ2) is 9.07. The molecule has 1 unspecified atom stereocenters. The summed E-state index contributed by atoms with van der Waals surface area (Å²) in [5.74, 6) is -0.344. The number of carbonyl (C=O) groups is 2. The lowest BCUT2D eigenvalue weighted by Gasteiger charge is -2.28. The highest BCUT2D eigenvalue weighted by atomic mass is 16.6. The summed E-state index contributed by atoms with van der Waals surface area (Å²) in [5.41, 5.74) is 3.08. The quantitative estimate of drug-likeness (QED) is 0.538. The molecule has 0 bridgehead atoms. The number of likely N-dealkylation sites (tertiary alicyclic amines) is 1. The van der Waals surface area contributed by atoms with Gasteiger partial charge in [-0.05, 0) is 49.4 Å². The highest BCUT2D eigenvalue weighted by Gasteiger charge is 2.36. The number of nitro groups is 1. The Labute approximate surface area is 176 Å². The Morgan fingerprint density at radius 3 is 2.43 bits per heavy atom. The lowest BCUT2D eigenvalue weighted by Crippen LogP contribution is -2.46. The maximum absolute atomic E-state index is 13.1. The zero-order valence-corrected chi connectivity index (χ0v) is 17.6. The fourth-order valence-corrected chi connectivity index (χ4v) is 3.91. The van der Waals surface area contributed by atoms with Gasteiger partial charge < -0.3 is 9.80 Å². The molecule has 3 rings (SSSR count). The van der Waals surface area contributed by atoms with Crippen LogP contribution in [0.2, 0.25) is 0 Å². The van der Waals surface area contributed by atoms with E-state index in [2.05, 4.69) is 19.1 Å². The number of carbonyl (C=O) groups excluding carboxylic acids is 2. The minimum absolute atomic E-state index is 0.0191. The molecule has 0 aliphatic carbocycles. The molecule has 7 nitrogen and oxygen atoms in total. The maximum atomic E-state index is 13.1. The first-order valence-corrected chi connectivity index (χ1v) is 10.2. The van der Waals surface area contributed by atoms with Gasteiger partial charge in [-0.15, -0.1) is 0 Å². The Morgan fingerprint density at radius 2 is 1.83 bits per heavy atom. The minimum atomic E-state index is -0.507. The molecule has 0 radical (unpaired) electrons. The third-order valence-corrected chi connectivity index (χ3v) is 5.67. The molecule has 2 aromatic carbocycles. The van der Waals surface area contributed by atoms with E-state index in [9.17, 15) is 19.7 Å². The highest BCUT2D eigenvalue weighted by molar-refractivity contribution is 5.98. The predicted octanol–water partition coefficient (Wildman–Crippen LogP) is 3.73. The van der Waals surface area contributed by atoms with Crippen LogP contribution in [0.3, 0.4) is 0 Å². The molecule has 1 fully saturated rings. The number of hydrogen-bond donors (Lipinski definition) is 0. The summed E-state index contributed by atoms with van der Waals surface area (Å²) in [6.07, 6.45) is 2.35. The van der Waals surface area contributed by atoms with Crippen LogP contribution in [0.15, 0.2) is 42.5 Å². The predicted molar refractivity (Wildman–Crippen MR) is 114 cm³/mol. The number of rotatable bonds is 6. The van der Waals surface area contributed by atoms with E-state index in [-0.39, 0.29) is 17.5 Å². The number of nitrogens with zero attached hydrogens (tertiary/aromatic N) is 3. The van der Waals surface area contributed by atoms with Gasteiger partial charge in [-0.3, -0.25) is 19.7 Å². The van der Waals surface area contributed by atoms with Crippen LogP contribution in [0.5, 0.6) is 0 Å². The molecule has 1 heterocycles. The van der Waals surface area contributed by atoms with Gasteiger partial charge in [-0.2, -0.15) is 0 Å². The van der Waals surface area contributed by atoms with Crippen molar-refractivity contribution in [3.05, 3.63) is 74.8 Å². The van der Waals surface area contributed by atoms with E-state index in [0.29, 0.717) is 30.6 Å². The maximum Gasteiger partial charge on any atom is 0.272 e. The largest absolute Gasteiger partial charge is 0.340 e. The van der Waals surface area contributed by atoms with Crippen molar-refractivity contribution in [3.8, 4) is 0 Å². The third-order valence-electron chi connectivity index (χ3n) is 5.67. The average molecular weight is 409 g/mol. The fraction of sp³-hybridized carbons (Fsp3) is 0.391. The number of nitro benzene ring substituents is 1. The summed E-state index contributed by atoms with van der Waals surface area (Å²) in [4.78, 5) is 39.9. The molecular formula is C23H27N3O4. The summed E-state index contributed by atoms with van der Waals surface area (Å²) in [7, 11) is 1.76. The standard InChI is InChI=1S/C23H27N3O4/c1-4-17-7-9-18(10-8-17)15-24(3)23(28)21-6-5-13-25(21)22(27)19-11-12-20(26(29)30)16(2)14-19/h7-12,14,21H,4-6,13,15H2,1-3H3. The Morgan fingerprint density at radius 1 is 1.17 bits per heavy atom. The van der Waals surface area contributed by atoms with Crippen LogP contribution in [0.1, 0.15) is 46.8 Å². The molecule has 0 spiro atoms. The van der Waals surface area contributed by atoms with Crippen molar-refractivity contribution in [2.45, 2.75) is 45.7 Å². The van der Waals surface area contributed by atoms with Crippen LogP contribution in [0.25, 0.3) is 0 Å². The molecule has 0 aromatic heterocycles. The molecule has 30 heavy (non-hydrogen) atoms. The second-order valence-corrected chi connectivity index (χ2v) is 7.78. The van der Waals surface area contributed by atoms with Gasteiger partial charge in [0.2, 0.25) is 5.91 Å². The Balaban J connectivity index is 1.72. The van der Waals surface area contributed by atoms with Gasteiger partial charge in [-0.1, -0.05) is 31.2 Å². The van der Waals surface area contributed by atoms with Crippen molar-refractivity contribution < 1.29 is 14.5 Å². The Kier molecular flexibility index (Phi) is 6.50. The number of amides is 2. The lowest BCUT2D eigenvalue weighted by molar-refractivity contribution is -0.385.